The van der Waals surface area contributed by atoms with Crippen LogP contribution < -0.4 is 5.76 Å². The van der Waals surface area contributed by atoms with Gasteiger partial charge in [0, 0.05) is 44.5 Å². The van der Waals surface area contributed by atoms with Gasteiger partial charge < -0.3 is 9.15 Å². The molecule has 0 saturated carbocycles. The highest BCUT2D eigenvalue weighted by Crippen LogP contribution is 2.32. The van der Waals surface area contributed by atoms with Gasteiger partial charge in [0.25, 0.3) is 0 Å². The van der Waals surface area contributed by atoms with Crippen LogP contribution in [0.1, 0.15) is 51.1 Å². The molecule has 0 aliphatic carbocycles. The zero-order valence-electron chi connectivity index (χ0n) is 16.2. The van der Waals surface area contributed by atoms with E-state index in [1.807, 2.05) is 0 Å². The molecular weight excluding hydrogens is 335 g/mol. The van der Waals surface area contributed by atoms with Crippen molar-refractivity contribution < 1.29 is 13.5 Å². The van der Waals surface area contributed by atoms with Gasteiger partial charge >= 0.3 is 5.76 Å². The SMILES string of the molecule is CCC(C)(CCOC)N1CCC(n2c(=O)oc3cc(F)c(C)cc32)CC1. The van der Waals surface area contributed by atoms with Gasteiger partial charge in [0.05, 0.1) is 5.52 Å². The van der Waals surface area contributed by atoms with Gasteiger partial charge in [0.15, 0.2) is 5.58 Å². The number of ether oxygens (including phenoxy) is 1. The molecule has 144 valence electrons. The Morgan fingerprint density at radius 2 is 2.04 bits per heavy atom. The molecule has 1 saturated heterocycles. The van der Waals surface area contributed by atoms with Crippen molar-refractivity contribution in [2.75, 3.05) is 26.8 Å². The first-order valence-corrected chi connectivity index (χ1v) is 9.45. The van der Waals surface area contributed by atoms with Gasteiger partial charge in [0.2, 0.25) is 0 Å². The third kappa shape index (κ3) is 3.45. The molecule has 1 fully saturated rings. The lowest BCUT2D eigenvalue weighted by Gasteiger charge is -2.45. The van der Waals surface area contributed by atoms with Crippen LogP contribution in [-0.4, -0.2) is 41.8 Å². The molecule has 1 atom stereocenters. The molecule has 1 unspecified atom stereocenters. The average molecular weight is 364 g/mol. The maximum atomic E-state index is 13.8. The largest absolute Gasteiger partial charge is 0.420 e. The number of benzene rings is 1. The number of hydrogen-bond donors (Lipinski definition) is 0. The number of oxazole rings is 1. The molecule has 0 bridgehead atoms. The number of fused-ring (bicyclic) bond motifs is 1. The van der Waals surface area contributed by atoms with Crippen molar-refractivity contribution in [1.82, 2.24) is 9.47 Å². The summed E-state index contributed by atoms with van der Waals surface area (Å²) >= 11 is 0. The van der Waals surface area contributed by atoms with Crippen LogP contribution in [0, 0.1) is 12.7 Å². The Bertz CT molecular complexity index is 820. The van der Waals surface area contributed by atoms with Crippen LogP contribution in [0.25, 0.3) is 11.1 Å². The summed E-state index contributed by atoms with van der Waals surface area (Å²) in [6, 6.07) is 3.13. The highest BCUT2D eigenvalue weighted by molar-refractivity contribution is 5.74. The van der Waals surface area contributed by atoms with Crippen LogP contribution in [0.15, 0.2) is 21.3 Å². The normalized spacial score (nSPS) is 19.1. The molecule has 0 amide bonds. The predicted octanol–water partition coefficient (Wildman–Crippen LogP) is 3.88. The van der Waals surface area contributed by atoms with E-state index in [9.17, 15) is 9.18 Å². The van der Waals surface area contributed by atoms with Crippen LogP contribution in [0.4, 0.5) is 4.39 Å². The molecule has 1 aromatic heterocycles. The molecule has 1 aromatic carbocycles. The topological polar surface area (TPSA) is 47.6 Å². The molecule has 2 aromatic rings. The summed E-state index contributed by atoms with van der Waals surface area (Å²) in [6.45, 7) is 8.82. The van der Waals surface area contributed by atoms with Crippen LogP contribution in [-0.2, 0) is 4.74 Å². The molecule has 0 N–H and O–H groups in total. The van der Waals surface area contributed by atoms with Gasteiger partial charge in [-0.3, -0.25) is 9.47 Å². The lowest BCUT2D eigenvalue weighted by atomic mass is 9.89. The summed E-state index contributed by atoms with van der Waals surface area (Å²) in [5.74, 6) is -0.730. The number of aromatic nitrogens is 1. The van der Waals surface area contributed by atoms with Crippen LogP contribution in [0.2, 0.25) is 0 Å². The first-order valence-electron chi connectivity index (χ1n) is 9.45. The molecule has 5 nitrogen and oxygen atoms in total. The van der Waals surface area contributed by atoms with Gasteiger partial charge in [0.1, 0.15) is 5.82 Å². The second kappa shape index (κ2) is 7.53. The number of likely N-dealkylation sites (tertiary alicyclic amines) is 1. The van der Waals surface area contributed by atoms with E-state index in [4.69, 9.17) is 9.15 Å². The third-order valence-corrected chi connectivity index (χ3v) is 6.09. The van der Waals surface area contributed by atoms with Crippen LogP contribution in [0.5, 0.6) is 0 Å². The first-order chi connectivity index (χ1) is 12.4. The number of aryl methyl sites for hydroxylation is 1. The fourth-order valence-electron chi connectivity index (χ4n) is 4.05. The summed E-state index contributed by atoms with van der Waals surface area (Å²) in [7, 11) is 1.74. The number of piperidine rings is 1. The van der Waals surface area contributed by atoms with Crippen molar-refractivity contribution in [3.8, 4) is 0 Å². The molecule has 0 radical (unpaired) electrons. The van der Waals surface area contributed by atoms with Crippen LogP contribution >= 0.6 is 0 Å². The van der Waals surface area contributed by atoms with Gasteiger partial charge in [-0.15, -0.1) is 0 Å². The average Bonchev–Trinajstić information content (AvgIpc) is 2.95. The molecule has 6 heteroatoms. The van der Waals surface area contributed by atoms with Crippen molar-refractivity contribution in [2.24, 2.45) is 0 Å². The number of halogens is 1. The minimum atomic E-state index is -0.388. The highest BCUT2D eigenvalue weighted by atomic mass is 19.1. The lowest BCUT2D eigenvalue weighted by molar-refractivity contribution is 0.0335. The number of nitrogens with zero attached hydrogens (tertiary/aromatic N) is 2. The third-order valence-electron chi connectivity index (χ3n) is 6.09. The maximum Gasteiger partial charge on any atom is 0.420 e. The monoisotopic (exact) mass is 364 g/mol. The minimum Gasteiger partial charge on any atom is -0.408 e. The summed E-state index contributed by atoms with van der Waals surface area (Å²) in [6.07, 6.45) is 3.83. The fraction of sp³-hybridized carbons (Fsp3) is 0.650. The van der Waals surface area contributed by atoms with E-state index in [-0.39, 0.29) is 23.2 Å². The highest BCUT2D eigenvalue weighted by Gasteiger charge is 2.34. The van der Waals surface area contributed by atoms with Gasteiger partial charge in [-0.1, -0.05) is 6.92 Å². The number of methoxy groups -OCH3 is 1. The molecule has 1 aliphatic heterocycles. The molecule has 3 rings (SSSR count). The minimum absolute atomic E-state index is 0.0911. The van der Waals surface area contributed by atoms with Crippen LogP contribution in [0.3, 0.4) is 0 Å². The zero-order chi connectivity index (χ0) is 18.9. The van der Waals surface area contributed by atoms with Crippen molar-refractivity contribution in [3.05, 3.63) is 34.1 Å². The van der Waals surface area contributed by atoms with Gasteiger partial charge in [-0.25, -0.2) is 9.18 Å². The van der Waals surface area contributed by atoms with Crippen molar-refractivity contribution in [1.29, 1.82) is 0 Å². The summed E-state index contributed by atoms with van der Waals surface area (Å²) < 4.78 is 26.1. The zero-order valence-corrected chi connectivity index (χ0v) is 16.2. The molecule has 0 spiro atoms. The van der Waals surface area contributed by atoms with E-state index in [2.05, 4.69) is 18.7 Å². The maximum absolute atomic E-state index is 13.8. The van der Waals surface area contributed by atoms with Gasteiger partial charge in [-0.05, 0) is 51.2 Å². The first kappa shape index (κ1) is 19.1. The second-order valence-corrected chi connectivity index (χ2v) is 7.62. The van der Waals surface area contributed by atoms with Gasteiger partial charge in [-0.2, -0.15) is 0 Å². The van der Waals surface area contributed by atoms with E-state index in [1.165, 1.54) is 6.07 Å². The Morgan fingerprint density at radius 1 is 1.35 bits per heavy atom. The number of hydrogen-bond acceptors (Lipinski definition) is 4. The summed E-state index contributed by atoms with van der Waals surface area (Å²) in [4.78, 5) is 14.9. The van der Waals surface area contributed by atoms with E-state index < -0.39 is 0 Å². The molecule has 1 aliphatic rings. The van der Waals surface area contributed by atoms with E-state index in [1.54, 1.807) is 24.7 Å². The summed E-state index contributed by atoms with van der Waals surface area (Å²) in [5.41, 5.74) is 1.68. The van der Waals surface area contributed by atoms with E-state index in [0.717, 1.165) is 45.4 Å². The smallest absolute Gasteiger partial charge is 0.408 e. The van der Waals surface area contributed by atoms with Crippen molar-refractivity contribution in [2.45, 2.75) is 58.0 Å². The lowest BCUT2D eigenvalue weighted by Crippen LogP contribution is -2.50. The number of rotatable bonds is 6. The Labute approximate surface area is 153 Å². The van der Waals surface area contributed by atoms with Crippen molar-refractivity contribution >= 4 is 11.1 Å². The fourth-order valence-corrected chi connectivity index (χ4v) is 4.05. The Morgan fingerprint density at radius 3 is 2.65 bits per heavy atom. The molecular formula is C20H29FN2O3. The van der Waals surface area contributed by atoms with E-state index in [0.29, 0.717) is 16.7 Å². The second-order valence-electron chi connectivity index (χ2n) is 7.62. The van der Waals surface area contributed by atoms with E-state index >= 15 is 0 Å². The summed E-state index contributed by atoms with van der Waals surface area (Å²) in [5, 5.41) is 0. The standard InChI is InChI=1S/C20H29FN2O3/c1-5-20(3,8-11-25-4)22-9-6-15(7-10-22)23-17-12-14(2)16(21)13-18(17)26-19(23)24/h12-13,15H,5-11H2,1-4H3. The Kier molecular flexibility index (Phi) is 5.53. The molecule has 2 heterocycles. The quantitative estimate of drug-likeness (QED) is 0.780. The Balaban J connectivity index is 1.80. The van der Waals surface area contributed by atoms with Crippen molar-refractivity contribution in [3.63, 3.8) is 0 Å². The molecule has 26 heavy (non-hydrogen) atoms. The predicted molar refractivity (Wildman–Crippen MR) is 100 cm³/mol. The Hall–Kier alpha value is -1.66.